The molecule has 6 N–H and O–H groups in total. The number of rotatable bonds is 7. The molecule has 0 bridgehead atoms. The minimum Gasteiger partial charge on any atom is -0.477 e. The summed E-state index contributed by atoms with van der Waals surface area (Å²) in [4.78, 5) is 31.5. The molecule has 0 spiro atoms. The lowest BCUT2D eigenvalue weighted by Crippen LogP contribution is -2.67. The van der Waals surface area contributed by atoms with Gasteiger partial charge < -0.3 is 35.6 Å². The summed E-state index contributed by atoms with van der Waals surface area (Å²) < 4.78 is 5.25. The highest BCUT2D eigenvalue weighted by atomic mass is 32.1. The van der Waals surface area contributed by atoms with Gasteiger partial charge in [-0.15, -0.1) is 4.89 Å². The van der Waals surface area contributed by atoms with Gasteiger partial charge in [-0.2, -0.15) is 0 Å². The molecule has 11 nitrogen and oxygen atoms in total. The van der Waals surface area contributed by atoms with E-state index in [9.17, 15) is 30.0 Å². The van der Waals surface area contributed by atoms with E-state index in [1.807, 2.05) is 0 Å². The van der Waals surface area contributed by atoms with Crippen LogP contribution < -0.4 is 5.32 Å². The molecule has 0 amide bonds. The standard InChI is InChI=1S/C13H21NO10S/c1-5(25)14-9-7(17)3-13(12(20)21,24-23-6(2)16)22-11(9)10(19)8(18)4-15/h7-11,15,17-19H,3-4H2,1-2H3,(H,14,25)(H,20,21)/t7-,8+,9+,10+,11+,13+/m0/s1. The minimum absolute atomic E-state index is 0.201. The Morgan fingerprint density at radius 2 is 2.00 bits per heavy atom. The van der Waals surface area contributed by atoms with Gasteiger partial charge in [0, 0.05) is 13.3 Å². The molecule has 0 aromatic rings. The van der Waals surface area contributed by atoms with E-state index in [-0.39, 0.29) is 4.99 Å². The summed E-state index contributed by atoms with van der Waals surface area (Å²) in [5, 5.41) is 51.1. The molecular weight excluding hydrogens is 362 g/mol. The maximum atomic E-state index is 11.6. The topological polar surface area (TPSA) is 175 Å². The molecule has 0 unspecified atom stereocenters. The Morgan fingerprint density at radius 1 is 1.40 bits per heavy atom. The molecule has 12 heteroatoms. The number of nitrogens with one attached hydrogen (secondary N) is 1. The van der Waals surface area contributed by atoms with E-state index in [0.29, 0.717) is 0 Å². The Balaban J connectivity index is 3.20. The maximum Gasteiger partial charge on any atom is 0.368 e. The summed E-state index contributed by atoms with van der Waals surface area (Å²) in [7, 11) is 0. The number of carbonyl (C=O) groups excluding carboxylic acids is 1. The van der Waals surface area contributed by atoms with Crippen LogP contribution in [0.15, 0.2) is 0 Å². The van der Waals surface area contributed by atoms with Gasteiger partial charge in [0.1, 0.15) is 18.3 Å². The number of ether oxygens (including phenoxy) is 1. The minimum atomic E-state index is -2.63. The summed E-state index contributed by atoms with van der Waals surface area (Å²) in [5.74, 6) is -5.33. The van der Waals surface area contributed by atoms with Crippen LogP contribution in [0.5, 0.6) is 0 Å². The van der Waals surface area contributed by atoms with Gasteiger partial charge in [-0.05, 0) is 6.92 Å². The van der Waals surface area contributed by atoms with Crippen LogP contribution in [0.4, 0.5) is 0 Å². The van der Waals surface area contributed by atoms with E-state index < -0.39 is 61.2 Å². The molecule has 1 heterocycles. The highest BCUT2D eigenvalue weighted by Gasteiger charge is 2.57. The van der Waals surface area contributed by atoms with Crippen LogP contribution in [-0.4, -0.2) is 85.3 Å². The smallest absolute Gasteiger partial charge is 0.368 e. The normalized spacial score (nSPS) is 31.7. The van der Waals surface area contributed by atoms with Gasteiger partial charge in [0.05, 0.1) is 23.7 Å². The van der Waals surface area contributed by atoms with Crippen molar-refractivity contribution in [2.45, 2.75) is 56.5 Å². The lowest BCUT2D eigenvalue weighted by atomic mass is 9.88. The molecular formula is C13H21NO10S. The van der Waals surface area contributed by atoms with Crippen molar-refractivity contribution in [3.8, 4) is 0 Å². The molecule has 0 aromatic carbocycles. The van der Waals surface area contributed by atoms with E-state index in [4.69, 9.17) is 22.1 Å². The Bertz CT molecular complexity index is 517. The van der Waals surface area contributed by atoms with Crippen molar-refractivity contribution >= 4 is 29.1 Å². The molecule has 1 rings (SSSR count). The molecule has 1 aliphatic heterocycles. The molecule has 1 saturated heterocycles. The monoisotopic (exact) mass is 383 g/mol. The molecule has 0 aromatic heterocycles. The summed E-state index contributed by atoms with van der Waals surface area (Å²) in [6.45, 7) is 1.57. The number of aliphatic hydroxyl groups excluding tert-OH is 4. The molecule has 0 aliphatic carbocycles. The highest BCUT2D eigenvalue weighted by Crippen LogP contribution is 2.33. The summed E-state index contributed by atoms with van der Waals surface area (Å²) in [6, 6.07) is -1.12. The first-order valence-electron chi connectivity index (χ1n) is 7.23. The Labute approximate surface area is 148 Å². The lowest BCUT2D eigenvalue weighted by molar-refractivity contribution is -0.420. The maximum absolute atomic E-state index is 11.6. The zero-order valence-corrected chi connectivity index (χ0v) is 14.3. The molecule has 144 valence electrons. The number of carboxylic acids is 1. The second kappa shape index (κ2) is 8.80. The number of aliphatic hydroxyl groups is 4. The van der Waals surface area contributed by atoms with E-state index in [1.54, 1.807) is 0 Å². The van der Waals surface area contributed by atoms with Gasteiger partial charge in [-0.1, -0.05) is 12.2 Å². The van der Waals surface area contributed by atoms with Crippen LogP contribution in [0, 0.1) is 0 Å². The van der Waals surface area contributed by atoms with Crippen molar-refractivity contribution in [2.75, 3.05) is 6.61 Å². The SMILES string of the molecule is CC(=O)OO[C@@]1(C(=O)O)C[C@H](O)[C@@H](NC(C)=S)[C@H]([C@H](O)[C@H](O)CO)O1. The zero-order valence-electron chi connectivity index (χ0n) is 13.5. The van der Waals surface area contributed by atoms with Gasteiger partial charge in [0.2, 0.25) is 0 Å². The fourth-order valence-corrected chi connectivity index (χ4v) is 2.47. The lowest BCUT2D eigenvalue weighted by Gasteiger charge is -2.45. The second-order valence-corrected chi connectivity index (χ2v) is 6.15. The average Bonchev–Trinajstić information content (AvgIpc) is 2.52. The van der Waals surface area contributed by atoms with Gasteiger partial charge in [-0.25, -0.2) is 9.59 Å². The van der Waals surface area contributed by atoms with Gasteiger partial charge in [-0.3, -0.25) is 4.89 Å². The van der Waals surface area contributed by atoms with Gasteiger partial charge >= 0.3 is 17.7 Å². The summed E-state index contributed by atoms with van der Waals surface area (Å²) in [5.41, 5.74) is 0. The third kappa shape index (κ3) is 5.28. The molecule has 0 saturated carbocycles. The third-order valence-electron chi connectivity index (χ3n) is 3.48. The quantitative estimate of drug-likeness (QED) is 0.154. The largest absolute Gasteiger partial charge is 0.477 e. The van der Waals surface area contributed by atoms with Crippen molar-refractivity contribution in [2.24, 2.45) is 0 Å². The second-order valence-electron chi connectivity index (χ2n) is 5.54. The van der Waals surface area contributed by atoms with Gasteiger partial charge in [0.25, 0.3) is 0 Å². The van der Waals surface area contributed by atoms with Crippen molar-refractivity contribution in [3.63, 3.8) is 0 Å². The fraction of sp³-hybridized carbons (Fsp3) is 0.769. The number of hydrogen-bond donors (Lipinski definition) is 6. The van der Waals surface area contributed by atoms with Crippen molar-refractivity contribution in [1.82, 2.24) is 5.32 Å². The van der Waals surface area contributed by atoms with Gasteiger partial charge in [0.15, 0.2) is 0 Å². The zero-order chi connectivity index (χ0) is 19.4. The van der Waals surface area contributed by atoms with Crippen LogP contribution >= 0.6 is 12.2 Å². The first kappa shape index (κ1) is 21.6. The Kier molecular flexibility index (Phi) is 7.62. The summed E-state index contributed by atoms with van der Waals surface area (Å²) >= 11 is 4.87. The highest BCUT2D eigenvalue weighted by molar-refractivity contribution is 7.80. The predicted octanol–water partition coefficient (Wildman–Crippen LogP) is -2.57. The Morgan fingerprint density at radius 3 is 2.44 bits per heavy atom. The number of carboxylic acid groups (broad SMARTS) is 1. The van der Waals surface area contributed by atoms with Crippen molar-refractivity contribution in [1.29, 1.82) is 0 Å². The van der Waals surface area contributed by atoms with Crippen LogP contribution in [0.3, 0.4) is 0 Å². The van der Waals surface area contributed by atoms with Crippen LogP contribution in [0.25, 0.3) is 0 Å². The average molecular weight is 383 g/mol. The van der Waals surface area contributed by atoms with E-state index in [0.717, 1.165) is 6.92 Å². The fourth-order valence-electron chi connectivity index (χ4n) is 2.34. The predicted molar refractivity (Wildman–Crippen MR) is 83.0 cm³/mol. The molecule has 0 radical (unpaired) electrons. The van der Waals surface area contributed by atoms with E-state index >= 15 is 0 Å². The Hall–Kier alpha value is -1.41. The van der Waals surface area contributed by atoms with Crippen molar-refractivity contribution in [3.05, 3.63) is 0 Å². The first-order valence-corrected chi connectivity index (χ1v) is 7.64. The van der Waals surface area contributed by atoms with Crippen LogP contribution in [0.1, 0.15) is 20.3 Å². The van der Waals surface area contributed by atoms with E-state index in [2.05, 4.69) is 15.1 Å². The van der Waals surface area contributed by atoms with Crippen LogP contribution in [-0.2, 0) is 24.1 Å². The van der Waals surface area contributed by atoms with E-state index in [1.165, 1.54) is 6.92 Å². The molecule has 1 fully saturated rings. The number of thiocarbonyl (C=S) groups is 1. The summed E-state index contributed by atoms with van der Waals surface area (Å²) in [6.07, 6.45) is -7.25. The number of aliphatic carboxylic acids is 1. The molecule has 1 aliphatic rings. The number of carbonyl (C=O) groups is 2. The third-order valence-corrected chi connectivity index (χ3v) is 3.60. The number of hydrogen-bond acceptors (Lipinski definition) is 10. The first-order chi connectivity index (χ1) is 11.5. The molecule has 6 atom stereocenters. The van der Waals surface area contributed by atoms with Crippen LogP contribution in [0.2, 0.25) is 0 Å². The molecule has 25 heavy (non-hydrogen) atoms. The van der Waals surface area contributed by atoms with Crippen molar-refractivity contribution < 1.29 is 49.6 Å².